The molecule has 4 rings (SSSR count). The maximum absolute atomic E-state index is 12.6. The molecule has 0 saturated carbocycles. The first-order valence-electron chi connectivity index (χ1n) is 9.80. The topological polar surface area (TPSA) is 110 Å². The van der Waals surface area contributed by atoms with Crippen molar-refractivity contribution in [1.82, 2.24) is 5.32 Å². The average molecular weight is 397 g/mol. The van der Waals surface area contributed by atoms with Crippen molar-refractivity contribution in [2.75, 3.05) is 0 Å². The van der Waals surface area contributed by atoms with E-state index in [1.54, 1.807) is 6.92 Å². The van der Waals surface area contributed by atoms with Crippen LogP contribution < -0.4 is 10.9 Å². The molecule has 1 aromatic carbocycles. The van der Waals surface area contributed by atoms with Gasteiger partial charge in [0.1, 0.15) is 23.0 Å². The van der Waals surface area contributed by atoms with Gasteiger partial charge >= 0.3 is 11.6 Å². The first-order valence-corrected chi connectivity index (χ1v) is 9.80. The maximum atomic E-state index is 12.6. The minimum Gasteiger partial charge on any atom is -0.480 e. The molecule has 7 nitrogen and oxygen atoms in total. The Morgan fingerprint density at radius 2 is 1.79 bits per heavy atom. The van der Waals surface area contributed by atoms with Gasteiger partial charge in [-0.2, -0.15) is 0 Å². The zero-order valence-electron chi connectivity index (χ0n) is 16.7. The van der Waals surface area contributed by atoms with E-state index in [1.807, 2.05) is 13.0 Å². The lowest BCUT2D eigenvalue weighted by Crippen LogP contribution is -2.39. The minimum atomic E-state index is -1.14. The lowest BCUT2D eigenvalue weighted by Gasteiger charge is -2.12. The second-order valence-corrected chi connectivity index (χ2v) is 7.76. The van der Waals surface area contributed by atoms with Gasteiger partial charge in [0, 0.05) is 28.3 Å². The standard InChI is InChI=1S/C22H23NO6/c1-10-14-8-16-13-6-4-5-7-17(13)28-20(16)11(2)19(14)29-22(27)15(10)9-18(24)23-12(3)21(25)26/h8,12H,4-7,9H2,1-3H3,(H,23,24)(H,25,26)/t12-/m0/s1. The molecule has 0 radical (unpaired) electrons. The highest BCUT2D eigenvalue weighted by atomic mass is 16.4. The molecule has 1 atom stereocenters. The van der Waals surface area contributed by atoms with Gasteiger partial charge in [0.25, 0.3) is 0 Å². The predicted octanol–water partition coefficient (Wildman–Crippen LogP) is 3.17. The Hall–Kier alpha value is -3.09. The fraction of sp³-hybridized carbons (Fsp3) is 0.409. The van der Waals surface area contributed by atoms with Gasteiger partial charge in [-0.25, -0.2) is 4.79 Å². The van der Waals surface area contributed by atoms with Crippen molar-refractivity contribution < 1.29 is 23.5 Å². The normalized spacial score (nSPS) is 14.7. The van der Waals surface area contributed by atoms with Crippen LogP contribution in [0.2, 0.25) is 0 Å². The van der Waals surface area contributed by atoms with Crippen molar-refractivity contribution in [2.45, 2.75) is 58.9 Å². The van der Waals surface area contributed by atoms with Crippen LogP contribution in [0.5, 0.6) is 0 Å². The molecule has 2 heterocycles. The third-order valence-corrected chi connectivity index (χ3v) is 5.81. The molecule has 0 bridgehead atoms. The van der Waals surface area contributed by atoms with E-state index in [0.717, 1.165) is 53.4 Å². The number of carbonyl (C=O) groups is 2. The minimum absolute atomic E-state index is 0.234. The lowest BCUT2D eigenvalue weighted by atomic mass is 9.93. The van der Waals surface area contributed by atoms with Crippen molar-refractivity contribution in [3.8, 4) is 0 Å². The number of carbonyl (C=O) groups excluding carboxylic acids is 1. The number of carboxylic acids is 1. The molecule has 0 aliphatic heterocycles. The van der Waals surface area contributed by atoms with Crippen molar-refractivity contribution >= 4 is 33.8 Å². The van der Waals surface area contributed by atoms with E-state index >= 15 is 0 Å². The van der Waals surface area contributed by atoms with E-state index in [9.17, 15) is 14.4 Å². The molecule has 0 unspecified atom stereocenters. The molecule has 0 spiro atoms. The largest absolute Gasteiger partial charge is 0.480 e. The smallest absolute Gasteiger partial charge is 0.340 e. The van der Waals surface area contributed by atoms with Crippen LogP contribution in [0.4, 0.5) is 0 Å². The summed E-state index contributed by atoms with van der Waals surface area (Å²) in [5.74, 6) is -0.663. The number of amides is 1. The number of furan rings is 1. The molecule has 1 aliphatic carbocycles. The fourth-order valence-electron chi connectivity index (χ4n) is 4.14. The van der Waals surface area contributed by atoms with Crippen LogP contribution >= 0.6 is 0 Å². The van der Waals surface area contributed by atoms with Crippen molar-refractivity contribution in [2.24, 2.45) is 0 Å². The van der Waals surface area contributed by atoms with E-state index in [0.29, 0.717) is 11.1 Å². The monoisotopic (exact) mass is 397 g/mol. The zero-order chi connectivity index (χ0) is 20.9. The van der Waals surface area contributed by atoms with E-state index in [2.05, 4.69) is 5.32 Å². The van der Waals surface area contributed by atoms with Crippen LogP contribution in [0, 0.1) is 13.8 Å². The summed E-state index contributed by atoms with van der Waals surface area (Å²) in [6.07, 6.45) is 3.87. The van der Waals surface area contributed by atoms with Gasteiger partial charge in [-0.15, -0.1) is 0 Å². The third kappa shape index (κ3) is 3.20. The second-order valence-electron chi connectivity index (χ2n) is 7.76. The molecule has 152 valence electrons. The zero-order valence-corrected chi connectivity index (χ0v) is 16.7. The Balaban J connectivity index is 1.83. The van der Waals surface area contributed by atoms with Crippen LogP contribution in [0.1, 0.15) is 47.8 Å². The molecule has 29 heavy (non-hydrogen) atoms. The predicted molar refractivity (Wildman–Crippen MR) is 107 cm³/mol. The molecular formula is C22H23NO6. The molecule has 2 N–H and O–H groups in total. The molecular weight excluding hydrogens is 374 g/mol. The summed E-state index contributed by atoms with van der Waals surface area (Å²) in [7, 11) is 0. The number of benzene rings is 1. The van der Waals surface area contributed by atoms with Gasteiger partial charge in [0.15, 0.2) is 0 Å². The quantitative estimate of drug-likeness (QED) is 0.655. The van der Waals surface area contributed by atoms with Crippen molar-refractivity contribution in [1.29, 1.82) is 0 Å². The van der Waals surface area contributed by atoms with Gasteiger partial charge in [0.2, 0.25) is 5.91 Å². The molecule has 3 aromatic rings. The van der Waals surface area contributed by atoms with Crippen LogP contribution in [0.3, 0.4) is 0 Å². The van der Waals surface area contributed by atoms with E-state index in [-0.39, 0.29) is 12.0 Å². The number of hydrogen-bond donors (Lipinski definition) is 2. The Morgan fingerprint density at radius 1 is 1.10 bits per heavy atom. The Kier molecular flexibility index (Phi) is 4.68. The number of rotatable bonds is 4. The number of fused-ring (bicyclic) bond motifs is 4. The number of nitrogens with one attached hydrogen (secondary N) is 1. The number of hydrogen-bond acceptors (Lipinski definition) is 5. The van der Waals surface area contributed by atoms with Crippen LogP contribution in [0.15, 0.2) is 19.7 Å². The molecule has 0 saturated heterocycles. The molecule has 1 aliphatic rings. The van der Waals surface area contributed by atoms with E-state index in [1.165, 1.54) is 12.5 Å². The van der Waals surface area contributed by atoms with Crippen LogP contribution in [-0.2, 0) is 28.9 Å². The highest BCUT2D eigenvalue weighted by Crippen LogP contribution is 2.37. The Labute approximate surface area is 166 Å². The summed E-state index contributed by atoms with van der Waals surface area (Å²) in [6.45, 7) is 5.04. The summed E-state index contributed by atoms with van der Waals surface area (Å²) < 4.78 is 11.7. The molecule has 1 amide bonds. The van der Waals surface area contributed by atoms with E-state index < -0.39 is 23.5 Å². The fourth-order valence-corrected chi connectivity index (χ4v) is 4.14. The average Bonchev–Trinajstić information content (AvgIpc) is 3.05. The maximum Gasteiger partial charge on any atom is 0.340 e. The van der Waals surface area contributed by atoms with Gasteiger partial charge in [-0.05, 0) is 51.7 Å². The second kappa shape index (κ2) is 7.06. The van der Waals surface area contributed by atoms with Crippen LogP contribution in [0.25, 0.3) is 21.9 Å². The highest BCUT2D eigenvalue weighted by molar-refractivity contribution is 6.00. The van der Waals surface area contributed by atoms with Crippen LogP contribution in [-0.4, -0.2) is 23.0 Å². The highest BCUT2D eigenvalue weighted by Gasteiger charge is 2.24. The number of carboxylic acid groups (broad SMARTS) is 1. The molecule has 7 heteroatoms. The molecule has 0 fully saturated rings. The Bertz CT molecular complexity index is 1220. The van der Waals surface area contributed by atoms with Gasteiger partial charge in [0.05, 0.1) is 12.0 Å². The Morgan fingerprint density at radius 3 is 2.52 bits per heavy atom. The number of aliphatic carboxylic acids is 1. The van der Waals surface area contributed by atoms with Crippen molar-refractivity contribution in [3.05, 3.63) is 44.5 Å². The SMILES string of the molecule is Cc1c(CC(=O)N[C@@H](C)C(=O)O)c(=O)oc2c(C)c3oc4c(c3cc12)CCCC4. The van der Waals surface area contributed by atoms with Gasteiger partial charge in [-0.3, -0.25) is 9.59 Å². The lowest BCUT2D eigenvalue weighted by molar-refractivity contribution is -0.141. The summed E-state index contributed by atoms with van der Waals surface area (Å²) in [4.78, 5) is 35.8. The first-order chi connectivity index (χ1) is 13.8. The summed E-state index contributed by atoms with van der Waals surface area (Å²) in [5.41, 5.74) is 3.54. The summed E-state index contributed by atoms with van der Waals surface area (Å²) in [5, 5.41) is 13.1. The first kappa shape index (κ1) is 19.2. The van der Waals surface area contributed by atoms with Gasteiger partial charge in [-0.1, -0.05) is 0 Å². The third-order valence-electron chi connectivity index (χ3n) is 5.81. The van der Waals surface area contributed by atoms with Gasteiger partial charge < -0.3 is 19.3 Å². The number of aryl methyl sites for hydroxylation is 4. The van der Waals surface area contributed by atoms with Crippen molar-refractivity contribution in [3.63, 3.8) is 0 Å². The summed E-state index contributed by atoms with van der Waals surface area (Å²) >= 11 is 0. The summed E-state index contributed by atoms with van der Waals surface area (Å²) in [6, 6.07) is 0.958. The van der Waals surface area contributed by atoms with E-state index in [4.69, 9.17) is 13.9 Å². The molecule has 2 aromatic heterocycles.